The maximum Gasteiger partial charge on any atom is 0.186 e. The van der Waals surface area contributed by atoms with E-state index in [0.717, 1.165) is 17.5 Å². The first kappa shape index (κ1) is 10.5. The van der Waals surface area contributed by atoms with Crippen molar-refractivity contribution in [1.82, 2.24) is 8.75 Å². The van der Waals surface area contributed by atoms with Crippen LogP contribution >= 0.6 is 35.1 Å². The summed E-state index contributed by atoms with van der Waals surface area (Å²) in [5.41, 5.74) is 0. The molecule has 0 spiro atoms. The number of aromatic nitrogens is 2. The zero-order valence-corrected chi connectivity index (χ0v) is 10.3. The van der Waals surface area contributed by atoms with E-state index in [0.29, 0.717) is 16.4 Å². The van der Waals surface area contributed by atoms with Crippen LogP contribution in [0.15, 0.2) is 0 Å². The van der Waals surface area contributed by atoms with E-state index in [1.54, 1.807) is 0 Å². The van der Waals surface area contributed by atoms with Gasteiger partial charge in [-0.15, -0.1) is 0 Å². The van der Waals surface area contributed by atoms with Crippen LogP contribution in [0.4, 0.5) is 5.82 Å². The SMILES string of the molecule is CSC1CCCC1Nc1nsnc1Cl. The molecule has 0 saturated heterocycles. The molecule has 0 aliphatic heterocycles. The Labute approximate surface area is 97.0 Å². The molecule has 6 heteroatoms. The van der Waals surface area contributed by atoms with Crippen LogP contribution in [-0.4, -0.2) is 26.3 Å². The molecular formula is C8H12ClN3S2. The molecule has 1 aromatic rings. The highest BCUT2D eigenvalue weighted by molar-refractivity contribution is 7.99. The molecule has 1 saturated carbocycles. The first-order chi connectivity index (χ1) is 6.81. The maximum atomic E-state index is 5.88. The Morgan fingerprint density at radius 2 is 2.36 bits per heavy atom. The van der Waals surface area contributed by atoms with Crippen molar-refractivity contribution in [3.05, 3.63) is 5.15 Å². The minimum Gasteiger partial charge on any atom is -0.363 e. The molecule has 2 unspecified atom stereocenters. The standard InChI is InChI=1S/C8H12ClN3S2/c1-13-6-4-2-3-5(6)10-8-7(9)11-14-12-8/h5-6H,2-4H2,1H3,(H,10,12). The van der Waals surface area contributed by atoms with Crippen molar-refractivity contribution >= 4 is 40.9 Å². The Kier molecular flexibility index (Phi) is 3.52. The van der Waals surface area contributed by atoms with Crippen LogP contribution in [0, 0.1) is 0 Å². The summed E-state index contributed by atoms with van der Waals surface area (Å²) < 4.78 is 8.06. The first-order valence-corrected chi connectivity index (χ1v) is 6.98. The Morgan fingerprint density at radius 3 is 3.00 bits per heavy atom. The topological polar surface area (TPSA) is 37.8 Å². The lowest BCUT2D eigenvalue weighted by molar-refractivity contribution is 0.765. The molecule has 2 rings (SSSR count). The number of halogens is 1. The Hall–Kier alpha value is -0.0000000000000000555. The van der Waals surface area contributed by atoms with E-state index in [-0.39, 0.29) is 0 Å². The van der Waals surface area contributed by atoms with Gasteiger partial charge in [0, 0.05) is 11.3 Å². The summed E-state index contributed by atoms with van der Waals surface area (Å²) in [6, 6.07) is 0.506. The Bertz CT molecular complexity index is 305. The van der Waals surface area contributed by atoms with Gasteiger partial charge in [-0.2, -0.15) is 20.5 Å². The predicted molar refractivity (Wildman–Crippen MR) is 63.5 cm³/mol. The number of hydrogen-bond donors (Lipinski definition) is 1. The lowest BCUT2D eigenvalue weighted by Gasteiger charge is -2.18. The average Bonchev–Trinajstić information content (AvgIpc) is 2.77. The first-order valence-electron chi connectivity index (χ1n) is 4.58. The van der Waals surface area contributed by atoms with Gasteiger partial charge in [-0.25, -0.2) is 0 Å². The summed E-state index contributed by atoms with van der Waals surface area (Å²) in [4.78, 5) is 0. The summed E-state index contributed by atoms with van der Waals surface area (Å²) >= 11 is 8.95. The van der Waals surface area contributed by atoms with Crippen molar-refractivity contribution in [3.63, 3.8) is 0 Å². The van der Waals surface area contributed by atoms with Gasteiger partial charge in [-0.1, -0.05) is 18.0 Å². The van der Waals surface area contributed by atoms with Crippen LogP contribution in [-0.2, 0) is 0 Å². The molecule has 1 aliphatic carbocycles. The lowest BCUT2D eigenvalue weighted by atomic mass is 10.2. The van der Waals surface area contributed by atoms with Crippen molar-refractivity contribution in [2.75, 3.05) is 11.6 Å². The van der Waals surface area contributed by atoms with Crippen molar-refractivity contribution < 1.29 is 0 Å². The zero-order chi connectivity index (χ0) is 9.97. The van der Waals surface area contributed by atoms with Crippen LogP contribution < -0.4 is 5.32 Å². The predicted octanol–water partition coefficient (Wildman–Crippen LogP) is 2.89. The zero-order valence-electron chi connectivity index (χ0n) is 7.86. The van der Waals surface area contributed by atoms with Gasteiger partial charge in [-0.3, -0.25) is 0 Å². The summed E-state index contributed by atoms with van der Waals surface area (Å²) in [6.45, 7) is 0. The minimum atomic E-state index is 0.502. The Balaban J connectivity index is 2.00. The van der Waals surface area contributed by atoms with Crippen LogP contribution in [0.5, 0.6) is 0 Å². The fourth-order valence-electron chi connectivity index (χ4n) is 1.81. The van der Waals surface area contributed by atoms with Gasteiger partial charge >= 0.3 is 0 Å². The van der Waals surface area contributed by atoms with Gasteiger partial charge in [0.1, 0.15) is 0 Å². The normalized spacial score (nSPS) is 26.7. The van der Waals surface area contributed by atoms with Gasteiger partial charge < -0.3 is 5.32 Å². The monoisotopic (exact) mass is 249 g/mol. The second kappa shape index (κ2) is 4.68. The second-order valence-electron chi connectivity index (χ2n) is 3.36. The van der Waals surface area contributed by atoms with Crippen molar-refractivity contribution in [2.45, 2.75) is 30.6 Å². The van der Waals surface area contributed by atoms with Gasteiger partial charge in [0.15, 0.2) is 11.0 Å². The highest BCUT2D eigenvalue weighted by Crippen LogP contribution is 2.31. The summed E-state index contributed by atoms with van der Waals surface area (Å²) in [7, 11) is 0. The van der Waals surface area contributed by atoms with Crippen LogP contribution in [0.1, 0.15) is 19.3 Å². The molecule has 1 N–H and O–H groups in total. The molecule has 0 radical (unpaired) electrons. The second-order valence-corrected chi connectivity index (χ2v) is 5.32. The van der Waals surface area contributed by atoms with E-state index in [4.69, 9.17) is 11.6 Å². The summed E-state index contributed by atoms with van der Waals surface area (Å²) in [5.74, 6) is 0.752. The van der Waals surface area contributed by atoms with Crippen molar-refractivity contribution in [3.8, 4) is 0 Å². The van der Waals surface area contributed by atoms with Crippen LogP contribution in [0.25, 0.3) is 0 Å². The number of nitrogens with one attached hydrogen (secondary N) is 1. The molecule has 1 heterocycles. The fourth-order valence-corrected chi connectivity index (χ4v) is 3.41. The highest BCUT2D eigenvalue weighted by atomic mass is 35.5. The van der Waals surface area contributed by atoms with Crippen LogP contribution in [0.3, 0.4) is 0 Å². The van der Waals surface area contributed by atoms with Gasteiger partial charge in [-0.05, 0) is 19.1 Å². The largest absolute Gasteiger partial charge is 0.363 e. The smallest absolute Gasteiger partial charge is 0.186 e. The number of hydrogen-bond acceptors (Lipinski definition) is 5. The van der Waals surface area contributed by atoms with Gasteiger partial charge in [0.05, 0.1) is 11.7 Å². The van der Waals surface area contributed by atoms with Gasteiger partial charge in [0.2, 0.25) is 0 Å². The molecule has 0 amide bonds. The molecule has 78 valence electrons. The fraction of sp³-hybridized carbons (Fsp3) is 0.750. The summed E-state index contributed by atoms with van der Waals surface area (Å²) in [5, 5.41) is 4.56. The average molecular weight is 250 g/mol. The minimum absolute atomic E-state index is 0.502. The van der Waals surface area contributed by atoms with Gasteiger partial charge in [0.25, 0.3) is 0 Å². The maximum absolute atomic E-state index is 5.88. The molecule has 3 nitrogen and oxygen atoms in total. The third-order valence-corrected chi connectivity index (χ3v) is 4.59. The molecular weight excluding hydrogens is 238 g/mol. The number of thioether (sulfide) groups is 1. The Morgan fingerprint density at radius 1 is 1.50 bits per heavy atom. The van der Waals surface area contributed by atoms with Crippen LogP contribution in [0.2, 0.25) is 5.15 Å². The van der Waals surface area contributed by atoms with E-state index < -0.39 is 0 Å². The molecule has 2 atom stereocenters. The summed E-state index contributed by atoms with van der Waals surface area (Å²) in [6.07, 6.45) is 5.94. The van der Waals surface area contributed by atoms with Crippen molar-refractivity contribution in [1.29, 1.82) is 0 Å². The lowest BCUT2D eigenvalue weighted by Crippen LogP contribution is -2.25. The number of nitrogens with zero attached hydrogens (tertiary/aromatic N) is 2. The van der Waals surface area contributed by atoms with E-state index in [9.17, 15) is 0 Å². The quantitative estimate of drug-likeness (QED) is 0.894. The molecule has 0 aromatic carbocycles. The van der Waals surface area contributed by atoms with E-state index in [1.807, 2.05) is 11.8 Å². The van der Waals surface area contributed by atoms with E-state index in [2.05, 4.69) is 20.3 Å². The number of anilines is 1. The third-order valence-electron chi connectivity index (χ3n) is 2.53. The molecule has 0 bridgehead atoms. The molecule has 14 heavy (non-hydrogen) atoms. The molecule has 1 aromatic heterocycles. The third kappa shape index (κ3) is 2.15. The van der Waals surface area contributed by atoms with E-state index >= 15 is 0 Å². The number of rotatable bonds is 3. The highest BCUT2D eigenvalue weighted by Gasteiger charge is 2.27. The molecule has 1 aliphatic rings. The van der Waals surface area contributed by atoms with Crippen molar-refractivity contribution in [2.24, 2.45) is 0 Å². The van der Waals surface area contributed by atoms with E-state index in [1.165, 1.54) is 19.3 Å². The molecule has 1 fully saturated rings.